The predicted molar refractivity (Wildman–Crippen MR) is 97.6 cm³/mol. The molecule has 1 aromatic rings. The van der Waals surface area contributed by atoms with Crippen molar-refractivity contribution >= 4 is 17.5 Å². The Hall–Kier alpha value is -2.28. The van der Waals surface area contributed by atoms with Crippen LogP contribution in [0.4, 0.5) is 5.69 Å². The molecule has 0 aromatic heterocycles. The van der Waals surface area contributed by atoms with Crippen LogP contribution < -0.4 is 20.7 Å². The van der Waals surface area contributed by atoms with E-state index >= 15 is 0 Å². The highest BCUT2D eigenvalue weighted by Crippen LogP contribution is 2.22. The van der Waals surface area contributed by atoms with E-state index in [4.69, 9.17) is 10.5 Å². The van der Waals surface area contributed by atoms with Gasteiger partial charge in [0.05, 0.1) is 19.7 Å². The molecule has 138 valence electrons. The van der Waals surface area contributed by atoms with Gasteiger partial charge in [0.1, 0.15) is 5.75 Å². The van der Waals surface area contributed by atoms with E-state index in [0.29, 0.717) is 13.1 Å². The zero-order valence-electron chi connectivity index (χ0n) is 15.2. The van der Waals surface area contributed by atoms with Crippen LogP contribution in [0.15, 0.2) is 24.3 Å². The number of piperazine rings is 1. The summed E-state index contributed by atoms with van der Waals surface area (Å²) in [4.78, 5) is 28.1. The van der Waals surface area contributed by atoms with Crippen molar-refractivity contribution in [1.82, 2.24) is 10.2 Å². The van der Waals surface area contributed by atoms with E-state index in [1.54, 1.807) is 12.0 Å². The lowest BCUT2D eigenvalue weighted by molar-refractivity contribution is -0.133. The molecule has 1 aliphatic heterocycles. The average Bonchev–Trinajstić information content (AvgIpc) is 2.65. The van der Waals surface area contributed by atoms with Crippen LogP contribution in [0.3, 0.4) is 0 Å². The molecule has 2 rings (SSSR count). The van der Waals surface area contributed by atoms with Crippen LogP contribution in [-0.2, 0) is 9.59 Å². The first kappa shape index (κ1) is 19.1. The number of hydrogen-bond donors (Lipinski definition) is 2. The van der Waals surface area contributed by atoms with Crippen LogP contribution in [0.1, 0.15) is 13.8 Å². The molecule has 1 aliphatic rings. The van der Waals surface area contributed by atoms with Crippen molar-refractivity contribution in [2.45, 2.75) is 19.9 Å². The van der Waals surface area contributed by atoms with E-state index < -0.39 is 6.04 Å². The normalized spacial score (nSPS) is 15.9. The maximum Gasteiger partial charge on any atom is 0.242 e. The summed E-state index contributed by atoms with van der Waals surface area (Å²) in [5.41, 5.74) is 6.86. The molecule has 1 heterocycles. The second kappa shape index (κ2) is 8.71. The van der Waals surface area contributed by atoms with E-state index in [1.165, 1.54) is 0 Å². The number of rotatable bonds is 6. The molecule has 0 bridgehead atoms. The summed E-state index contributed by atoms with van der Waals surface area (Å²) in [7, 11) is 1.65. The molecule has 25 heavy (non-hydrogen) atoms. The molecule has 2 amide bonds. The first-order valence-electron chi connectivity index (χ1n) is 8.62. The summed E-state index contributed by atoms with van der Waals surface area (Å²) < 4.78 is 5.25. The second-order valence-electron chi connectivity index (χ2n) is 6.56. The van der Waals surface area contributed by atoms with E-state index in [2.05, 4.69) is 10.2 Å². The third kappa shape index (κ3) is 5.09. The third-order valence-electron chi connectivity index (χ3n) is 4.49. The van der Waals surface area contributed by atoms with E-state index in [0.717, 1.165) is 24.5 Å². The van der Waals surface area contributed by atoms with Gasteiger partial charge in [0, 0.05) is 37.9 Å². The molecule has 1 aromatic carbocycles. The van der Waals surface area contributed by atoms with Crippen LogP contribution in [0.2, 0.25) is 0 Å². The minimum absolute atomic E-state index is 0.00157. The molecular formula is C18H28N4O3. The summed E-state index contributed by atoms with van der Waals surface area (Å²) >= 11 is 0. The number of nitrogens with two attached hydrogens (primary N) is 1. The minimum Gasteiger partial charge on any atom is -0.497 e. The SMILES string of the molecule is COc1cccc(N2CCN(C(=O)CNC(=O)[C@@H](N)C(C)C)CC2)c1. The molecule has 7 nitrogen and oxygen atoms in total. The zero-order chi connectivity index (χ0) is 18.4. The summed E-state index contributed by atoms with van der Waals surface area (Å²) in [5, 5.41) is 2.63. The average molecular weight is 348 g/mol. The van der Waals surface area contributed by atoms with Crippen LogP contribution >= 0.6 is 0 Å². The van der Waals surface area contributed by atoms with Crippen LogP contribution in [0.25, 0.3) is 0 Å². The number of ether oxygens (including phenoxy) is 1. The number of methoxy groups -OCH3 is 1. The van der Waals surface area contributed by atoms with Gasteiger partial charge < -0.3 is 25.6 Å². The lowest BCUT2D eigenvalue weighted by Crippen LogP contribution is -2.52. The van der Waals surface area contributed by atoms with Crippen molar-refractivity contribution in [3.63, 3.8) is 0 Å². The lowest BCUT2D eigenvalue weighted by atomic mass is 10.1. The van der Waals surface area contributed by atoms with Gasteiger partial charge in [-0.25, -0.2) is 0 Å². The Labute approximate surface area is 149 Å². The van der Waals surface area contributed by atoms with E-state index in [1.807, 2.05) is 38.1 Å². The number of nitrogens with one attached hydrogen (secondary N) is 1. The van der Waals surface area contributed by atoms with Gasteiger partial charge in [-0.1, -0.05) is 19.9 Å². The Kier molecular flexibility index (Phi) is 6.64. The fraction of sp³-hybridized carbons (Fsp3) is 0.556. The molecule has 1 fully saturated rings. The maximum atomic E-state index is 12.3. The number of hydrogen-bond acceptors (Lipinski definition) is 5. The third-order valence-corrected chi connectivity index (χ3v) is 4.49. The van der Waals surface area contributed by atoms with Crippen molar-refractivity contribution in [3.05, 3.63) is 24.3 Å². The molecule has 1 atom stereocenters. The maximum absolute atomic E-state index is 12.3. The molecule has 1 saturated heterocycles. The number of anilines is 1. The number of amides is 2. The Bertz CT molecular complexity index is 598. The summed E-state index contributed by atoms with van der Waals surface area (Å²) in [6, 6.07) is 7.31. The number of carbonyl (C=O) groups excluding carboxylic acids is 2. The highest BCUT2D eigenvalue weighted by molar-refractivity contribution is 5.87. The molecule has 0 spiro atoms. The van der Waals surface area contributed by atoms with Gasteiger partial charge in [0.15, 0.2) is 0 Å². The lowest BCUT2D eigenvalue weighted by Gasteiger charge is -2.36. The van der Waals surface area contributed by atoms with Gasteiger partial charge in [-0.3, -0.25) is 9.59 Å². The predicted octanol–water partition coefficient (Wildman–Crippen LogP) is 0.443. The van der Waals surface area contributed by atoms with Gasteiger partial charge >= 0.3 is 0 Å². The molecule has 0 unspecified atom stereocenters. The number of benzene rings is 1. The summed E-state index contributed by atoms with van der Waals surface area (Å²) in [6.45, 7) is 6.51. The Morgan fingerprint density at radius 3 is 2.52 bits per heavy atom. The standard InChI is InChI=1S/C18H28N4O3/c1-13(2)17(19)18(24)20-12-16(23)22-9-7-21(8-10-22)14-5-4-6-15(11-14)25-3/h4-6,11,13,17H,7-10,12,19H2,1-3H3,(H,20,24)/t17-/m0/s1. The summed E-state index contributed by atoms with van der Waals surface area (Å²) in [5.74, 6) is 0.509. The van der Waals surface area contributed by atoms with Gasteiger partial charge in [-0.05, 0) is 18.1 Å². The van der Waals surface area contributed by atoms with Crippen molar-refractivity contribution in [2.24, 2.45) is 11.7 Å². The van der Waals surface area contributed by atoms with Crippen molar-refractivity contribution in [1.29, 1.82) is 0 Å². The monoisotopic (exact) mass is 348 g/mol. The fourth-order valence-electron chi connectivity index (χ4n) is 2.72. The van der Waals surface area contributed by atoms with Crippen molar-refractivity contribution in [2.75, 3.05) is 44.7 Å². The van der Waals surface area contributed by atoms with Crippen molar-refractivity contribution in [3.8, 4) is 5.75 Å². The van der Waals surface area contributed by atoms with Crippen molar-refractivity contribution < 1.29 is 14.3 Å². The highest BCUT2D eigenvalue weighted by atomic mass is 16.5. The Morgan fingerprint density at radius 2 is 1.92 bits per heavy atom. The molecule has 0 radical (unpaired) electrons. The largest absolute Gasteiger partial charge is 0.497 e. The quantitative estimate of drug-likeness (QED) is 0.779. The molecule has 7 heteroatoms. The van der Waals surface area contributed by atoms with Gasteiger partial charge in [0.25, 0.3) is 0 Å². The zero-order valence-corrected chi connectivity index (χ0v) is 15.2. The van der Waals surface area contributed by atoms with Crippen LogP contribution in [0.5, 0.6) is 5.75 Å². The van der Waals surface area contributed by atoms with Crippen LogP contribution in [-0.4, -0.2) is 62.6 Å². The van der Waals surface area contributed by atoms with E-state index in [9.17, 15) is 9.59 Å². The minimum atomic E-state index is -0.585. The Morgan fingerprint density at radius 1 is 1.24 bits per heavy atom. The topological polar surface area (TPSA) is 87.9 Å². The Balaban J connectivity index is 1.81. The molecule has 3 N–H and O–H groups in total. The van der Waals surface area contributed by atoms with Gasteiger partial charge in [-0.2, -0.15) is 0 Å². The van der Waals surface area contributed by atoms with Gasteiger partial charge in [0.2, 0.25) is 11.8 Å². The van der Waals surface area contributed by atoms with Crippen LogP contribution in [0, 0.1) is 5.92 Å². The summed E-state index contributed by atoms with van der Waals surface area (Å²) in [6.07, 6.45) is 0. The fourth-order valence-corrected chi connectivity index (χ4v) is 2.72. The molecular weight excluding hydrogens is 320 g/mol. The molecule has 0 saturated carbocycles. The number of carbonyl (C=O) groups is 2. The van der Waals surface area contributed by atoms with Gasteiger partial charge in [-0.15, -0.1) is 0 Å². The first-order valence-corrected chi connectivity index (χ1v) is 8.62. The first-order chi connectivity index (χ1) is 11.9. The molecule has 0 aliphatic carbocycles. The highest BCUT2D eigenvalue weighted by Gasteiger charge is 2.23. The second-order valence-corrected chi connectivity index (χ2v) is 6.56. The van der Waals surface area contributed by atoms with E-state index in [-0.39, 0.29) is 24.3 Å². The number of nitrogens with zero attached hydrogens (tertiary/aromatic N) is 2. The smallest absolute Gasteiger partial charge is 0.242 e.